The highest BCUT2D eigenvalue weighted by molar-refractivity contribution is 5.93. The molecule has 0 aliphatic heterocycles. The molecule has 0 aliphatic rings. The molecule has 0 saturated carbocycles. The van der Waals surface area contributed by atoms with Gasteiger partial charge >= 0.3 is 5.97 Å². The molecule has 0 aliphatic carbocycles. The lowest BCUT2D eigenvalue weighted by molar-refractivity contribution is 0.0595. The Bertz CT molecular complexity index is 572. The summed E-state index contributed by atoms with van der Waals surface area (Å²) >= 11 is 0. The minimum atomic E-state index is -0.531. The van der Waals surface area contributed by atoms with Crippen LogP contribution in [0.1, 0.15) is 16.2 Å². The van der Waals surface area contributed by atoms with Crippen LogP contribution in [0.15, 0.2) is 30.7 Å². The molecule has 2 aromatic rings. The van der Waals surface area contributed by atoms with Gasteiger partial charge in [0.1, 0.15) is 0 Å². The molecule has 18 heavy (non-hydrogen) atoms. The molecule has 2 heterocycles. The van der Waals surface area contributed by atoms with Crippen LogP contribution >= 0.6 is 0 Å². The van der Waals surface area contributed by atoms with Gasteiger partial charge < -0.3 is 10.1 Å². The first-order valence-electron chi connectivity index (χ1n) is 5.29. The largest absolute Gasteiger partial charge is 0.464 e. The second-order valence-corrected chi connectivity index (χ2v) is 3.56. The number of methoxy groups -OCH3 is 1. The van der Waals surface area contributed by atoms with Gasteiger partial charge in [-0.3, -0.25) is 4.98 Å². The Hall–Kier alpha value is -2.50. The van der Waals surface area contributed by atoms with Crippen molar-refractivity contribution in [2.24, 2.45) is 0 Å². The van der Waals surface area contributed by atoms with Gasteiger partial charge in [0.2, 0.25) is 0 Å². The molecule has 0 spiro atoms. The number of aryl methyl sites for hydroxylation is 1. The second-order valence-electron chi connectivity index (χ2n) is 3.56. The highest BCUT2D eigenvalue weighted by atomic mass is 16.5. The molecular weight excluding hydrogens is 232 g/mol. The standard InChI is InChI=1S/C12H12N4O2/c1-8-7-9(3-4-13-8)16-11-10(12(17)18-2)14-5-6-15-11/h3-7H,1-2H3,(H,13,15,16). The molecule has 0 amide bonds. The van der Waals surface area contributed by atoms with Crippen LogP contribution in [0.25, 0.3) is 0 Å². The van der Waals surface area contributed by atoms with E-state index >= 15 is 0 Å². The van der Waals surface area contributed by atoms with E-state index < -0.39 is 5.97 Å². The summed E-state index contributed by atoms with van der Waals surface area (Å²) in [5.74, 6) is -0.175. The second kappa shape index (κ2) is 5.22. The van der Waals surface area contributed by atoms with E-state index in [1.54, 1.807) is 12.3 Å². The third-order valence-corrected chi connectivity index (χ3v) is 2.24. The molecule has 1 N–H and O–H groups in total. The number of rotatable bonds is 3. The summed E-state index contributed by atoms with van der Waals surface area (Å²) in [5, 5.41) is 3.01. The van der Waals surface area contributed by atoms with Crippen LogP contribution in [0.5, 0.6) is 0 Å². The Morgan fingerprint density at radius 1 is 1.22 bits per heavy atom. The highest BCUT2D eigenvalue weighted by Crippen LogP contribution is 2.17. The first kappa shape index (κ1) is 12.0. The quantitative estimate of drug-likeness (QED) is 0.828. The first-order chi connectivity index (χ1) is 8.70. The van der Waals surface area contributed by atoms with E-state index in [0.29, 0.717) is 5.82 Å². The van der Waals surface area contributed by atoms with Crippen molar-refractivity contribution in [3.05, 3.63) is 42.1 Å². The summed E-state index contributed by atoms with van der Waals surface area (Å²) in [6.07, 6.45) is 4.61. The van der Waals surface area contributed by atoms with Crippen molar-refractivity contribution in [1.29, 1.82) is 0 Å². The zero-order chi connectivity index (χ0) is 13.0. The maximum Gasteiger partial charge on any atom is 0.360 e. The van der Waals surface area contributed by atoms with Crippen LogP contribution < -0.4 is 5.32 Å². The van der Waals surface area contributed by atoms with E-state index in [0.717, 1.165) is 11.4 Å². The van der Waals surface area contributed by atoms with Gasteiger partial charge in [-0.2, -0.15) is 0 Å². The zero-order valence-electron chi connectivity index (χ0n) is 10.0. The van der Waals surface area contributed by atoms with E-state index in [1.165, 1.54) is 19.5 Å². The van der Waals surface area contributed by atoms with Gasteiger partial charge in [-0.25, -0.2) is 14.8 Å². The van der Waals surface area contributed by atoms with E-state index in [-0.39, 0.29) is 5.69 Å². The molecule has 92 valence electrons. The van der Waals surface area contributed by atoms with E-state index in [2.05, 4.69) is 25.0 Å². The van der Waals surface area contributed by atoms with Gasteiger partial charge in [-0.05, 0) is 19.1 Å². The van der Waals surface area contributed by atoms with Gasteiger partial charge in [0.15, 0.2) is 11.5 Å². The SMILES string of the molecule is COC(=O)c1nccnc1Nc1ccnc(C)c1. The summed E-state index contributed by atoms with van der Waals surface area (Å²) in [5.41, 5.74) is 1.80. The minimum absolute atomic E-state index is 0.148. The van der Waals surface area contributed by atoms with Crippen molar-refractivity contribution in [1.82, 2.24) is 15.0 Å². The Balaban J connectivity index is 2.32. The minimum Gasteiger partial charge on any atom is -0.464 e. The Morgan fingerprint density at radius 3 is 2.72 bits per heavy atom. The molecule has 0 bridgehead atoms. The fourth-order valence-corrected chi connectivity index (χ4v) is 1.44. The number of carbonyl (C=O) groups is 1. The molecule has 0 aromatic carbocycles. The van der Waals surface area contributed by atoms with Gasteiger partial charge in [0.05, 0.1) is 7.11 Å². The van der Waals surface area contributed by atoms with Crippen molar-refractivity contribution in [2.45, 2.75) is 6.92 Å². The van der Waals surface area contributed by atoms with Gasteiger partial charge in [0, 0.05) is 30.0 Å². The highest BCUT2D eigenvalue weighted by Gasteiger charge is 2.14. The lowest BCUT2D eigenvalue weighted by Gasteiger charge is -2.08. The maximum absolute atomic E-state index is 11.5. The number of ether oxygens (including phenoxy) is 1. The molecule has 0 atom stereocenters. The zero-order valence-corrected chi connectivity index (χ0v) is 10.0. The number of anilines is 2. The van der Waals surface area contributed by atoms with Crippen LogP contribution in [-0.4, -0.2) is 28.0 Å². The van der Waals surface area contributed by atoms with Gasteiger partial charge in [-0.15, -0.1) is 0 Å². The number of nitrogens with one attached hydrogen (secondary N) is 1. The summed E-state index contributed by atoms with van der Waals surface area (Å²) < 4.78 is 4.64. The number of hydrogen-bond acceptors (Lipinski definition) is 6. The van der Waals surface area contributed by atoms with Crippen LogP contribution in [0.2, 0.25) is 0 Å². The molecule has 0 unspecified atom stereocenters. The third-order valence-electron chi connectivity index (χ3n) is 2.24. The van der Waals surface area contributed by atoms with Crippen molar-refractivity contribution in [2.75, 3.05) is 12.4 Å². The van der Waals surface area contributed by atoms with Gasteiger partial charge in [-0.1, -0.05) is 0 Å². The van der Waals surface area contributed by atoms with Crippen molar-refractivity contribution >= 4 is 17.5 Å². The third kappa shape index (κ3) is 2.60. The average Bonchev–Trinajstić information content (AvgIpc) is 2.38. The average molecular weight is 244 g/mol. The number of nitrogens with zero attached hydrogens (tertiary/aromatic N) is 3. The molecule has 2 aromatic heterocycles. The number of hydrogen-bond donors (Lipinski definition) is 1. The summed E-state index contributed by atoms with van der Waals surface area (Å²) in [6.45, 7) is 1.88. The number of pyridine rings is 1. The summed E-state index contributed by atoms with van der Waals surface area (Å²) in [6, 6.07) is 3.62. The molecule has 6 nitrogen and oxygen atoms in total. The van der Waals surface area contributed by atoms with E-state index in [1.807, 2.05) is 13.0 Å². The fraction of sp³-hybridized carbons (Fsp3) is 0.167. The lowest BCUT2D eigenvalue weighted by Crippen LogP contribution is -2.09. The molecule has 6 heteroatoms. The maximum atomic E-state index is 11.5. The predicted molar refractivity (Wildman–Crippen MR) is 65.6 cm³/mol. The molecule has 0 fully saturated rings. The monoisotopic (exact) mass is 244 g/mol. The molecule has 0 saturated heterocycles. The number of esters is 1. The Morgan fingerprint density at radius 2 is 2.00 bits per heavy atom. The molecule has 2 rings (SSSR count). The van der Waals surface area contributed by atoms with E-state index in [4.69, 9.17) is 0 Å². The van der Waals surface area contributed by atoms with Crippen LogP contribution in [-0.2, 0) is 4.74 Å². The van der Waals surface area contributed by atoms with E-state index in [9.17, 15) is 4.79 Å². The van der Waals surface area contributed by atoms with Crippen LogP contribution in [0.4, 0.5) is 11.5 Å². The fourth-order valence-electron chi connectivity index (χ4n) is 1.44. The molecule has 0 radical (unpaired) electrons. The topological polar surface area (TPSA) is 77.0 Å². The van der Waals surface area contributed by atoms with Crippen LogP contribution in [0, 0.1) is 6.92 Å². The summed E-state index contributed by atoms with van der Waals surface area (Å²) in [4.78, 5) is 23.6. The number of aromatic nitrogens is 3. The summed E-state index contributed by atoms with van der Waals surface area (Å²) in [7, 11) is 1.30. The number of carbonyl (C=O) groups excluding carboxylic acids is 1. The van der Waals surface area contributed by atoms with Crippen molar-refractivity contribution in [3.8, 4) is 0 Å². The molecular formula is C12H12N4O2. The van der Waals surface area contributed by atoms with Crippen LogP contribution in [0.3, 0.4) is 0 Å². The lowest BCUT2D eigenvalue weighted by atomic mass is 10.3. The smallest absolute Gasteiger partial charge is 0.360 e. The van der Waals surface area contributed by atoms with Crippen molar-refractivity contribution in [3.63, 3.8) is 0 Å². The predicted octanol–water partition coefficient (Wildman–Crippen LogP) is 1.71. The van der Waals surface area contributed by atoms with Gasteiger partial charge in [0.25, 0.3) is 0 Å². The Labute approximate surface area is 104 Å². The Kier molecular flexibility index (Phi) is 3.47. The normalized spacial score (nSPS) is 9.89. The first-order valence-corrected chi connectivity index (χ1v) is 5.29. The van der Waals surface area contributed by atoms with Crippen molar-refractivity contribution < 1.29 is 9.53 Å².